The molecule has 0 heterocycles. The molecule has 0 spiro atoms. The molecule has 2 N–H and O–H groups in total. The van der Waals surface area contributed by atoms with Gasteiger partial charge in [-0.3, -0.25) is 9.59 Å². The van der Waals surface area contributed by atoms with E-state index in [2.05, 4.69) is 19.2 Å². The Labute approximate surface area is 119 Å². The molecule has 0 aromatic carbocycles. The minimum absolute atomic E-state index is 0.103. The van der Waals surface area contributed by atoms with Crippen molar-refractivity contribution < 1.29 is 14.7 Å². The summed E-state index contributed by atoms with van der Waals surface area (Å²) in [6.45, 7) is 5.07. The highest BCUT2D eigenvalue weighted by molar-refractivity contribution is 7.99. The molecule has 1 amide bonds. The quantitative estimate of drug-likeness (QED) is 0.706. The van der Waals surface area contributed by atoms with E-state index in [0.29, 0.717) is 24.6 Å². The van der Waals surface area contributed by atoms with Crippen LogP contribution < -0.4 is 5.32 Å². The van der Waals surface area contributed by atoms with Crippen molar-refractivity contribution in [3.8, 4) is 0 Å². The predicted molar refractivity (Wildman–Crippen MR) is 78.3 cm³/mol. The Morgan fingerprint density at radius 1 is 1.37 bits per heavy atom. The maximum absolute atomic E-state index is 11.9. The summed E-state index contributed by atoms with van der Waals surface area (Å²) in [5.41, 5.74) is 0.271. The van der Waals surface area contributed by atoms with Gasteiger partial charge in [0.1, 0.15) is 0 Å². The molecule has 0 aromatic heterocycles. The Morgan fingerprint density at radius 3 is 2.74 bits per heavy atom. The predicted octanol–water partition coefficient (Wildman–Crippen LogP) is 2.53. The maximum atomic E-state index is 11.9. The summed E-state index contributed by atoms with van der Waals surface area (Å²) in [4.78, 5) is 22.2. The van der Waals surface area contributed by atoms with E-state index in [1.165, 1.54) is 31.0 Å². The zero-order chi connectivity index (χ0) is 14.3. The fraction of sp³-hybridized carbons (Fsp3) is 0.857. The van der Waals surface area contributed by atoms with E-state index in [1.807, 2.05) is 0 Å². The topological polar surface area (TPSA) is 66.4 Å². The maximum Gasteiger partial charge on any atom is 0.313 e. The van der Waals surface area contributed by atoms with Gasteiger partial charge in [0.05, 0.1) is 5.75 Å². The van der Waals surface area contributed by atoms with Crippen molar-refractivity contribution in [3.63, 3.8) is 0 Å². The van der Waals surface area contributed by atoms with Crippen LogP contribution in [0.1, 0.15) is 46.0 Å². The smallest absolute Gasteiger partial charge is 0.313 e. The van der Waals surface area contributed by atoms with Crippen LogP contribution in [-0.2, 0) is 9.59 Å². The number of carbonyl (C=O) groups is 2. The van der Waals surface area contributed by atoms with Crippen LogP contribution in [0.2, 0.25) is 0 Å². The summed E-state index contributed by atoms with van der Waals surface area (Å²) in [5.74, 6) is 0.543. The molecule has 5 heteroatoms. The molecule has 0 bridgehead atoms. The average molecular weight is 287 g/mol. The molecule has 1 aliphatic rings. The number of hydrogen-bond acceptors (Lipinski definition) is 3. The number of amides is 1. The monoisotopic (exact) mass is 287 g/mol. The lowest BCUT2D eigenvalue weighted by molar-refractivity contribution is -0.133. The molecular weight excluding hydrogens is 262 g/mol. The van der Waals surface area contributed by atoms with Gasteiger partial charge >= 0.3 is 5.97 Å². The molecule has 19 heavy (non-hydrogen) atoms. The fourth-order valence-corrected chi connectivity index (χ4v) is 3.23. The van der Waals surface area contributed by atoms with Gasteiger partial charge in [-0.15, -0.1) is 11.8 Å². The Balaban J connectivity index is 2.18. The van der Waals surface area contributed by atoms with E-state index in [9.17, 15) is 9.59 Å². The third-order valence-electron chi connectivity index (χ3n) is 3.95. The first-order valence-electron chi connectivity index (χ1n) is 6.98. The molecule has 1 unspecified atom stereocenters. The van der Waals surface area contributed by atoms with E-state index in [1.54, 1.807) is 0 Å². The number of thioether (sulfide) groups is 1. The molecule has 1 aliphatic carbocycles. The molecule has 0 radical (unpaired) electrons. The Kier molecular flexibility index (Phi) is 6.69. The van der Waals surface area contributed by atoms with Gasteiger partial charge in [-0.1, -0.05) is 26.7 Å². The number of carboxylic acids is 1. The molecule has 1 rings (SSSR count). The fourth-order valence-electron chi connectivity index (χ4n) is 2.66. The largest absolute Gasteiger partial charge is 0.481 e. The highest BCUT2D eigenvalue weighted by atomic mass is 32.2. The zero-order valence-corrected chi connectivity index (χ0v) is 12.7. The molecule has 0 aliphatic heterocycles. The van der Waals surface area contributed by atoms with Crippen LogP contribution in [0.3, 0.4) is 0 Å². The Morgan fingerprint density at radius 2 is 2.11 bits per heavy atom. The van der Waals surface area contributed by atoms with E-state index < -0.39 is 5.97 Å². The van der Waals surface area contributed by atoms with Crippen LogP contribution >= 0.6 is 11.8 Å². The number of aliphatic carboxylic acids is 1. The highest BCUT2D eigenvalue weighted by Crippen LogP contribution is 2.42. The summed E-state index contributed by atoms with van der Waals surface area (Å²) in [6.07, 6.45) is 5.47. The second kappa shape index (κ2) is 7.78. The van der Waals surface area contributed by atoms with Crippen LogP contribution in [0, 0.1) is 11.3 Å². The minimum atomic E-state index is -0.805. The van der Waals surface area contributed by atoms with E-state index >= 15 is 0 Å². The standard InChI is InChI=1S/C14H25NO3S/c1-14(2)6-4-3-5-11(14)9-12(16)15-7-8-19-10-13(17)18/h11H,3-10H2,1-2H3,(H,15,16)(H,17,18). The summed E-state index contributed by atoms with van der Waals surface area (Å²) in [5, 5.41) is 11.4. The minimum Gasteiger partial charge on any atom is -0.481 e. The molecule has 0 aromatic rings. The van der Waals surface area contributed by atoms with Gasteiger partial charge in [0.25, 0.3) is 0 Å². The lowest BCUT2D eigenvalue weighted by atomic mass is 9.67. The molecule has 4 nitrogen and oxygen atoms in total. The first-order chi connectivity index (χ1) is 8.92. The van der Waals surface area contributed by atoms with Gasteiger partial charge in [0.2, 0.25) is 5.91 Å². The van der Waals surface area contributed by atoms with Crippen LogP contribution in [0.5, 0.6) is 0 Å². The summed E-state index contributed by atoms with van der Waals surface area (Å²) in [7, 11) is 0. The summed E-state index contributed by atoms with van der Waals surface area (Å²) >= 11 is 1.33. The molecule has 1 fully saturated rings. The van der Waals surface area contributed by atoms with Crippen molar-refractivity contribution in [1.82, 2.24) is 5.32 Å². The van der Waals surface area contributed by atoms with Gasteiger partial charge in [-0.2, -0.15) is 0 Å². The number of carbonyl (C=O) groups excluding carboxylic acids is 1. The number of hydrogen-bond donors (Lipinski definition) is 2. The van der Waals surface area contributed by atoms with Crippen LogP contribution in [0.15, 0.2) is 0 Å². The molecule has 1 saturated carbocycles. The zero-order valence-electron chi connectivity index (χ0n) is 11.9. The third-order valence-corrected chi connectivity index (χ3v) is 4.90. The lowest BCUT2D eigenvalue weighted by Crippen LogP contribution is -2.34. The lowest BCUT2D eigenvalue weighted by Gasteiger charge is -2.38. The van der Waals surface area contributed by atoms with Crippen LogP contribution in [0.25, 0.3) is 0 Å². The average Bonchev–Trinajstić information content (AvgIpc) is 2.31. The third kappa shape index (κ3) is 6.32. The van der Waals surface area contributed by atoms with Crippen molar-refractivity contribution in [3.05, 3.63) is 0 Å². The van der Waals surface area contributed by atoms with Crippen LogP contribution in [-0.4, -0.2) is 35.0 Å². The van der Waals surface area contributed by atoms with Crippen molar-refractivity contribution in [2.24, 2.45) is 11.3 Å². The Bertz CT molecular complexity index is 318. The van der Waals surface area contributed by atoms with Gasteiger partial charge < -0.3 is 10.4 Å². The number of rotatable bonds is 7. The Hall–Kier alpha value is -0.710. The van der Waals surface area contributed by atoms with Gasteiger partial charge in [0, 0.05) is 18.7 Å². The molecular formula is C14H25NO3S. The van der Waals surface area contributed by atoms with Crippen LogP contribution in [0.4, 0.5) is 0 Å². The molecule has 110 valence electrons. The van der Waals surface area contributed by atoms with E-state index in [-0.39, 0.29) is 17.1 Å². The number of nitrogens with one attached hydrogen (secondary N) is 1. The highest BCUT2D eigenvalue weighted by Gasteiger charge is 2.33. The second-order valence-electron chi connectivity index (χ2n) is 5.93. The van der Waals surface area contributed by atoms with E-state index in [4.69, 9.17) is 5.11 Å². The normalized spacial score (nSPS) is 21.9. The van der Waals surface area contributed by atoms with Crippen molar-refractivity contribution in [1.29, 1.82) is 0 Å². The molecule has 0 saturated heterocycles. The van der Waals surface area contributed by atoms with Gasteiger partial charge in [0.15, 0.2) is 0 Å². The van der Waals surface area contributed by atoms with Gasteiger partial charge in [-0.25, -0.2) is 0 Å². The number of carboxylic acid groups (broad SMARTS) is 1. The van der Waals surface area contributed by atoms with Gasteiger partial charge in [-0.05, 0) is 24.2 Å². The van der Waals surface area contributed by atoms with Crippen molar-refractivity contribution in [2.75, 3.05) is 18.1 Å². The first-order valence-corrected chi connectivity index (χ1v) is 8.13. The second-order valence-corrected chi connectivity index (χ2v) is 7.04. The first kappa shape index (κ1) is 16.3. The molecule has 1 atom stereocenters. The summed E-state index contributed by atoms with van der Waals surface area (Å²) in [6, 6.07) is 0. The van der Waals surface area contributed by atoms with E-state index in [0.717, 1.165) is 6.42 Å². The summed E-state index contributed by atoms with van der Waals surface area (Å²) < 4.78 is 0. The van der Waals surface area contributed by atoms with Crippen molar-refractivity contribution in [2.45, 2.75) is 46.0 Å². The SMILES string of the molecule is CC1(C)CCCCC1CC(=O)NCCSCC(=O)O. The van der Waals surface area contributed by atoms with Crippen molar-refractivity contribution >= 4 is 23.6 Å².